The fourth-order valence-corrected chi connectivity index (χ4v) is 4.76. The predicted octanol–water partition coefficient (Wildman–Crippen LogP) is 5.00. The van der Waals surface area contributed by atoms with E-state index in [4.69, 9.17) is 0 Å². The van der Waals surface area contributed by atoms with Gasteiger partial charge >= 0.3 is 0 Å². The van der Waals surface area contributed by atoms with Gasteiger partial charge in [-0.1, -0.05) is 6.07 Å². The Labute approximate surface area is 176 Å². The van der Waals surface area contributed by atoms with Crippen molar-refractivity contribution < 1.29 is 10.2 Å². The molecule has 0 radical (unpaired) electrons. The van der Waals surface area contributed by atoms with Gasteiger partial charge in [-0.2, -0.15) is 0 Å². The maximum Gasteiger partial charge on any atom is 0.116 e. The number of H-pyrrole nitrogens is 2. The molecule has 154 valence electrons. The van der Waals surface area contributed by atoms with Crippen molar-refractivity contribution in [3.63, 3.8) is 0 Å². The minimum absolute atomic E-state index is 0.306. The van der Waals surface area contributed by atoms with Crippen molar-refractivity contribution in [3.8, 4) is 22.6 Å². The van der Waals surface area contributed by atoms with Crippen molar-refractivity contribution >= 4 is 10.9 Å². The summed E-state index contributed by atoms with van der Waals surface area (Å²) in [6.45, 7) is 3.17. The fourth-order valence-electron chi connectivity index (χ4n) is 4.76. The van der Waals surface area contributed by atoms with Gasteiger partial charge in [-0.05, 0) is 96.9 Å². The zero-order chi connectivity index (χ0) is 20.5. The van der Waals surface area contributed by atoms with Gasteiger partial charge in [0.2, 0.25) is 0 Å². The highest BCUT2D eigenvalue weighted by Crippen LogP contribution is 2.35. The van der Waals surface area contributed by atoms with E-state index in [2.05, 4.69) is 21.1 Å². The van der Waals surface area contributed by atoms with Crippen LogP contribution in [0.3, 0.4) is 0 Å². The predicted molar refractivity (Wildman–Crippen MR) is 120 cm³/mol. The van der Waals surface area contributed by atoms with Crippen LogP contribution in [0.25, 0.3) is 22.0 Å². The van der Waals surface area contributed by atoms with Gasteiger partial charge in [-0.25, -0.2) is 0 Å². The molecule has 1 saturated heterocycles. The van der Waals surface area contributed by atoms with E-state index in [1.807, 2.05) is 42.7 Å². The van der Waals surface area contributed by atoms with Crippen LogP contribution in [0.15, 0.2) is 61.1 Å². The number of nitrogens with zero attached hydrogens (tertiary/aromatic N) is 1. The Bertz CT molecular complexity index is 1140. The Hall–Kier alpha value is -3.18. The molecule has 0 atom stereocenters. The van der Waals surface area contributed by atoms with E-state index in [1.165, 1.54) is 11.1 Å². The zero-order valence-corrected chi connectivity index (χ0v) is 16.9. The molecule has 4 N–H and O–H groups in total. The molecule has 0 spiro atoms. The normalized spacial score (nSPS) is 15.7. The summed E-state index contributed by atoms with van der Waals surface area (Å²) >= 11 is 0. The number of aromatic hydroxyl groups is 2. The number of piperidine rings is 1. The zero-order valence-electron chi connectivity index (χ0n) is 16.9. The van der Waals surface area contributed by atoms with Crippen LogP contribution in [0.5, 0.6) is 11.5 Å². The number of rotatable bonds is 5. The highest BCUT2D eigenvalue weighted by atomic mass is 16.3. The van der Waals surface area contributed by atoms with Crippen LogP contribution < -0.4 is 0 Å². The molecular formula is C25H27N3O2. The molecule has 5 rings (SSSR count). The van der Waals surface area contributed by atoms with Gasteiger partial charge in [0.15, 0.2) is 0 Å². The number of hydrogen-bond donors (Lipinski definition) is 4. The topological polar surface area (TPSA) is 75.3 Å². The lowest BCUT2D eigenvalue weighted by molar-refractivity contribution is 0.215. The third-order valence-corrected chi connectivity index (χ3v) is 6.42. The maximum atomic E-state index is 9.93. The Kier molecular flexibility index (Phi) is 4.97. The first-order chi connectivity index (χ1) is 14.7. The smallest absolute Gasteiger partial charge is 0.116 e. The van der Waals surface area contributed by atoms with Crippen molar-refractivity contribution in [1.29, 1.82) is 0 Å². The number of benzene rings is 2. The van der Waals surface area contributed by atoms with Crippen LogP contribution in [0.4, 0.5) is 0 Å². The summed E-state index contributed by atoms with van der Waals surface area (Å²) in [5.41, 5.74) is 5.90. The number of likely N-dealkylation sites (tertiary alicyclic amines) is 1. The van der Waals surface area contributed by atoms with Gasteiger partial charge in [0.05, 0.1) is 0 Å². The number of fused-ring (bicyclic) bond motifs is 1. The van der Waals surface area contributed by atoms with Crippen LogP contribution >= 0.6 is 0 Å². The first kappa shape index (κ1) is 18.8. The van der Waals surface area contributed by atoms with Crippen molar-refractivity contribution in [2.24, 2.45) is 0 Å². The first-order valence-electron chi connectivity index (χ1n) is 10.6. The van der Waals surface area contributed by atoms with Crippen LogP contribution in [-0.2, 0) is 6.42 Å². The Balaban J connectivity index is 1.24. The summed E-state index contributed by atoms with van der Waals surface area (Å²) in [7, 11) is 0. The standard InChI is InChI=1S/C25H27N3O2/c29-20-2-1-17(22(13-20)19-5-9-26-15-19)6-10-28-11-7-18(8-12-28)24-16-27-25-4-3-21(30)14-23(24)25/h1-5,9,13-16,18,26-27,29-30H,6-8,10-12H2. The second-order valence-corrected chi connectivity index (χ2v) is 8.28. The number of phenolic OH excluding ortho intramolecular Hbond substituents is 2. The molecule has 1 fully saturated rings. The minimum Gasteiger partial charge on any atom is -0.508 e. The highest BCUT2D eigenvalue weighted by Gasteiger charge is 2.23. The molecule has 0 aliphatic carbocycles. The average Bonchev–Trinajstić information content (AvgIpc) is 3.43. The number of aromatic nitrogens is 2. The van der Waals surface area contributed by atoms with E-state index >= 15 is 0 Å². The maximum absolute atomic E-state index is 9.93. The third-order valence-electron chi connectivity index (χ3n) is 6.42. The Morgan fingerprint density at radius 3 is 2.53 bits per heavy atom. The lowest BCUT2D eigenvalue weighted by Crippen LogP contribution is -2.34. The summed E-state index contributed by atoms with van der Waals surface area (Å²) in [5, 5.41) is 20.9. The van der Waals surface area contributed by atoms with Gasteiger partial charge in [-0.15, -0.1) is 0 Å². The lowest BCUT2D eigenvalue weighted by atomic mass is 9.89. The van der Waals surface area contributed by atoms with E-state index < -0.39 is 0 Å². The van der Waals surface area contributed by atoms with E-state index in [-0.39, 0.29) is 0 Å². The number of phenols is 2. The molecule has 4 aromatic rings. The van der Waals surface area contributed by atoms with Crippen molar-refractivity contribution in [2.75, 3.05) is 19.6 Å². The minimum atomic E-state index is 0.306. The fraction of sp³-hybridized carbons (Fsp3) is 0.280. The van der Waals surface area contributed by atoms with Crippen LogP contribution in [0.1, 0.15) is 29.9 Å². The van der Waals surface area contributed by atoms with E-state index in [0.29, 0.717) is 17.4 Å². The molecule has 5 heteroatoms. The second kappa shape index (κ2) is 7.92. The van der Waals surface area contributed by atoms with Gasteiger partial charge < -0.3 is 25.1 Å². The second-order valence-electron chi connectivity index (χ2n) is 8.28. The van der Waals surface area contributed by atoms with Gasteiger partial charge in [-0.3, -0.25) is 0 Å². The SMILES string of the molecule is Oc1ccc(CCN2CCC(c3c[nH]c4ccc(O)cc34)CC2)c(-c2cc[nH]c2)c1. The summed E-state index contributed by atoms with van der Waals surface area (Å²) in [4.78, 5) is 8.99. The molecule has 0 saturated carbocycles. The number of aromatic amines is 2. The lowest BCUT2D eigenvalue weighted by Gasteiger charge is -2.32. The molecule has 2 aromatic heterocycles. The molecule has 1 aliphatic heterocycles. The highest BCUT2D eigenvalue weighted by molar-refractivity contribution is 5.85. The molecule has 30 heavy (non-hydrogen) atoms. The van der Waals surface area contributed by atoms with Crippen molar-refractivity contribution in [3.05, 3.63) is 72.2 Å². The number of nitrogens with one attached hydrogen (secondary N) is 2. The Morgan fingerprint density at radius 2 is 1.73 bits per heavy atom. The quantitative estimate of drug-likeness (QED) is 0.380. The third kappa shape index (κ3) is 3.68. The molecule has 5 nitrogen and oxygen atoms in total. The first-order valence-corrected chi connectivity index (χ1v) is 10.6. The van der Waals surface area contributed by atoms with Crippen LogP contribution in [0.2, 0.25) is 0 Å². The number of hydrogen-bond acceptors (Lipinski definition) is 3. The van der Waals surface area contributed by atoms with Crippen LogP contribution in [0, 0.1) is 0 Å². The monoisotopic (exact) mass is 401 g/mol. The average molecular weight is 402 g/mol. The van der Waals surface area contributed by atoms with E-state index in [9.17, 15) is 10.2 Å². The van der Waals surface area contributed by atoms with Gasteiger partial charge in [0.25, 0.3) is 0 Å². The van der Waals surface area contributed by atoms with E-state index in [1.54, 1.807) is 12.1 Å². The van der Waals surface area contributed by atoms with E-state index in [0.717, 1.165) is 60.9 Å². The largest absolute Gasteiger partial charge is 0.508 e. The Morgan fingerprint density at radius 1 is 0.933 bits per heavy atom. The van der Waals surface area contributed by atoms with Gasteiger partial charge in [0.1, 0.15) is 11.5 Å². The molecule has 0 amide bonds. The van der Waals surface area contributed by atoms with Gasteiger partial charge in [0, 0.05) is 36.0 Å². The van der Waals surface area contributed by atoms with Crippen molar-refractivity contribution in [1.82, 2.24) is 14.9 Å². The molecular weight excluding hydrogens is 374 g/mol. The summed E-state index contributed by atoms with van der Waals surface area (Å²) in [6.07, 6.45) is 9.23. The molecule has 0 unspecified atom stereocenters. The molecule has 0 bridgehead atoms. The summed E-state index contributed by atoms with van der Waals surface area (Å²) in [5.74, 6) is 1.16. The summed E-state index contributed by atoms with van der Waals surface area (Å²) < 4.78 is 0. The molecule has 3 heterocycles. The van der Waals surface area contributed by atoms with Crippen LogP contribution in [-0.4, -0.2) is 44.7 Å². The molecule has 1 aliphatic rings. The summed E-state index contributed by atoms with van der Waals surface area (Å²) in [6, 6.07) is 13.3. The molecule has 2 aromatic carbocycles. The van der Waals surface area contributed by atoms with Crippen molar-refractivity contribution in [2.45, 2.75) is 25.2 Å².